The third kappa shape index (κ3) is 3.35. The summed E-state index contributed by atoms with van der Waals surface area (Å²) < 4.78 is 0. The van der Waals surface area contributed by atoms with Crippen LogP contribution in [-0.2, 0) is 4.79 Å². The number of aliphatic hydroxyl groups excluding tert-OH is 1. The average molecular weight is 274 g/mol. The standard InChI is InChI=1S/C12H13Cl2NO2/c13-8-3-4-9(10(14)5-8)11(16)6-15-12(17)7-1-2-7/h3-5,7,11,16H,1-2,6H2,(H,15,17). The number of nitrogens with one attached hydrogen (secondary N) is 1. The van der Waals surface area contributed by atoms with Crippen LogP contribution in [0, 0.1) is 5.92 Å². The number of halogens is 2. The number of benzene rings is 1. The molecule has 1 fully saturated rings. The van der Waals surface area contributed by atoms with E-state index in [-0.39, 0.29) is 18.4 Å². The number of carbonyl (C=O) groups is 1. The van der Waals surface area contributed by atoms with Crippen LogP contribution in [0.2, 0.25) is 10.0 Å². The van der Waals surface area contributed by atoms with Crippen molar-refractivity contribution in [1.82, 2.24) is 5.32 Å². The van der Waals surface area contributed by atoms with Gasteiger partial charge in [-0.1, -0.05) is 29.3 Å². The SMILES string of the molecule is O=C(NCC(O)c1ccc(Cl)cc1Cl)C1CC1. The van der Waals surface area contributed by atoms with E-state index in [1.165, 1.54) is 0 Å². The highest BCUT2D eigenvalue weighted by atomic mass is 35.5. The summed E-state index contributed by atoms with van der Waals surface area (Å²) in [5.74, 6) is 0.150. The lowest BCUT2D eigenvalue weighted by Gasteiger charge is -2.13. The molecule has 17 heavy (non-hydrogen) atoms. The van der Waals surface area contributed by atoms with Crippen molar-refractivity contribution in [1.29, 1.82) is 0 Å². The fourth-order valence-electron chi connectivity index (χ4n) is 1.57. The molecule has 92 valence electrons. The molecule has 0 radical (unpaired) electrons. The molecule has 1 atom stereocenters. The number of rotatable bonds is 4. The van der Waals surface area contributed by atoms with Crippen LogP contribution in [0.25, 0.3) is 0 Å². The van der Waals surface area contributed by atoms with Gasteiger partial charge in [0.15, 0.2) is 0 Å². The average Bonchev–Trinajstić information content (AvgIpc) is 3.09. The van der Waals surface area contributed by atoms with Crippen LogP contribution >= 0.6 is 23.2 Å². The minimum absolute atomic E-state index is 0.00846. The molecule has 1 amide bonds. The predicted molar refractivity (Wildman–Crippen MR) is 67.2 cm³/mol. The second-order valence-corrected chi connectivity index (χ2v) is 5.04. The molecule has 0 heterocycles. The largest absolute Gasteiger partial charge is 0.387 e. The maximum atomic E-state index is 11.4. The Kier molecular flexibility index (Phi) is 3.92. The van der Waals surface area contributed by atoms with Gasteiger partial charge in [-0.05, 0) is 25.0 Å². The fraction of sp³-hybridized carbons (Fsp3) is 0.417. The van der Waals surface area contributed by atoms with Gasteiger partial charge in [-0.2, -0.15) is 0 Å². The molecule has 0 saturated heterocycles. The normalized spacial score (nSPS) is 16.6. The Bertz CT molecular complexity index is 433. The zero-order valence-electron chi connectivity index (χ0n) is 9.12. The summed E-state index contributed by atoms with van der Waals surface area (Å²) in [7, 11) is 0. The Hall–Kier alpha value is -0.770. The number of aliphatic hydroxyl groups is 1. The van der Waals surface area contributed by atoms with Gasteiger partial charge in [0.1, 0.15) is 0 Å². The summed E-state index contributed by atoms with van der Waals surface area (Å²) >= 11 is 11.7. The lowest BCUT2D eigenvalue weighted by Crippen LogP contribution is -2.29. The van der Waals surface area contributed by atoms with Crippen LogP contribution in [0.4, 0.5) is 0 Å². The van der Waals surface area contributed by atoms with Crippen molar-refractivity contribution in [2.45, 2.75) is 18.9 Å². The van der Waals surface area contributed by atoms with Crippen LogP contribution in [0.5, 0.6) is 0 Å². The first-order valence-corrected chi connectivity index (χ1v) is 6.24. The molecule has 0 aliphatic heterocycles. The summed E-state index contributed by atoms with van der Waals surface area (Å²) in [5, 5.41) is 13.5. The smallest absolute Gasteiger partial charge is 0.223 e. The van der Waals surface area contributed by atoms with Gasteiger partial charge in [-0.25, -0.2) is 0 Å². The van der Waals surface area contributed by atoms with Gasteiger partial charge < -0.3 is 10.4 Å². The molecule has 0 bridgehead atoms. The summed E-state index contributed by atoms with van der Waals surface area (Å²) in [4.78, 5) is 11.4. The van der Waals surface area contributed by atoms with Crippen molar-refractivity contribution in [3.05, 3.63) is 33.8 Å². The minimum atomic E-state index is -0.803. The van der Waals surface area contributed by atoms with Crippen LogP contribution in [0.3, 0.4) is 0 Å². The lowest BCUT2D eigenvalue weighted by atomic mass is 10.1. The molecular formula is C12H13Cl2NO2. The minimum Gasteiger partial charge on any atom is -0.387 e. The van der Waals surface area contributed by atoms with Crippen LogP contribution < -0.4 is 5.32 Å². The van der Waals surface area contributed by atoms with Gasteiger partial charge >= 0.3 is 0 Å². The molecule has 2 rings (SSSR count). The summed E-state index contributed by atoms with van der Waals surface area (Å²) in [6.07, 6.45) is 1.09. The molecule has 1 aromatic carbocycles. The van der Waals surface area contributed by atoms with E-state index >= 15 is 0 Å². The molecule has 1 unspecified atom stereocenters. The molecule has 3 nitrogen and oxygen atoms in total. The topological polar surface area (TPSA) is 49.3 Å². The van der Waals surface area contributed by atoms with Crippen LogP contribution in [0.1, 0.15) is 24.5 Å². The second kappa shape index (κ2) is 5.25. The third-order valence-corrected chi connectivity index (χ3v) is 3.30. The van der Waals surface area contributed by atoms with Gasteiger partial charge in [0.25, 0.3) is 0 Å². The fourth-order valence-corrected chi connectivity index (χ4v) is 2.10. The lowest BCUT2D eigenvalue weighted by molar-refractivity contribution is -0.122. The predicted octanol–water partition coefficient (Wildman–Crippen LogP) is 2.55. The van der Waals surface area contributed by atoms with E-state index in [4.69, 9.17) is 23.2 Å². The number of carbonyl (C=O) groups excluding carboxylic acids is 1. The Morgan fingerprint density at radius 2 is 2.18 bits per heavy atom. The van der Waals surface area contributed by atoms with Crippen molar-refractivity contribution in [3.8, 4) is 0 Å². The van der Waals surface area contributed by atoms with Crippen LogP contribution in [-0.4, -0.2) is 17.6 Å². The number of hydrogen-bond donors (Lipinski definition) is 2. The summed E-state index contributed by atoms with van der Waals surface area (Å²) in [5.41, 5.74) is 0.576. The number of hydrogen-bond acceptors (Lipinski definition) is 2. The van der Waals surface area contributed by atoms with Gasteiger partial charge in [0.2, 0.25) is 5.91 Å². The monoisotopic (exact) mass is 273 g/mol. The third-order valence-electron chi connectivity index (χ3n) is 2.74. The van der Waals surface area contributed by atoms with Crippen LogP contribution in [0.15, 0.2) is 18.2 Å². The first-order valence-electron chi connectivity index (χ1n) is 5.48. The van der Waals surface area contributed by atoms with Gasteiger partial charge in [0, 0.05) is 28.1 Å². The van der Waals surface area contributed by atoms with Crippen molar-refractivity contribution < 1.29 is 9.90 Å². The Morgan fingerprint density at radius 1 is 1.47 bits per heavy atom. The highest BCUT2D eigenvalue weighted by Crippen LogP contribution is 2.29. The molecule has 0 spiro atoms. The summed E-state index contributed by atoms with van der Waals surface area (Å²) in [6, 6.07) is 4.90. The Morgan fingerprint density at radius 3 is 2.76 bits per heavy atom. The van der Waals surface area contributed by atoms with E-state index < -0.39 is 6.10 Å². The van der Waals surface area contributed by atoms with Crippen molar-refractivity contribution in [2.24, 2.45) is 5.92 Å². The molecule has 2 N–H and O–H groups in total. The number of amides is 1. The molecule has 1 aliphatic carbocycles. The Labute approximate surface area is 110 Å². The molecular weight excluding hydrogens is 261 g/mol. The van der Waals surface area contributed by atoms with E-state index in [1.807, 2.05) is 0 Å². The zero-order chi connectivity index (χ0) is 12.4. The Balaban J connectivity index is 1.94. The molecule has 5 heteroatoms. The maximum Gasteiger partial charge on any atom is 0.223 e. The summed E-state index contributed by atoms with van der Waals surface area (Å²) in [6.45, 7) is 0.177. The molecule has 0 aromatic heterocycles. The highest BCUT2D eigenvalue weighted by Gasteiger charge is 2.29. The molecule has 1 saturated carbocycles. The van der Waals surface area contributed by atoms with E-state index in [0.717, 1.165) is 12.8 Å². The van der Waals surface area contributed by atoms with Crippen molar-refractivity contribution in [3.63, 3.8) is 0 Å². The van der Waals surface area contributed by atoms with Gasteiger partial charge in [-0.15, -0.1) is 0 Å². The quantitative estimate of drug-likeness (QED) is 0.886. The molecule has 1 aliphatic rings. The maximum absolute atomic E-state index is 11.4. The van der Waals surface area contributed by atoms with Gasteiger partial charge in [0.05, 0.1) is 6.10 Å². The van der Waals surface area contributed by atoms with E-state index in [2.05, 4.69) is 5.32 Å². The van der Waals surface area contributed by atoms with Crippen molar-refractivity contribution >= 4 is 29.1 Å². The first kappa shape index (κ1) is 12.7. The van der Waals surface area contributed by atoms with E-state index in [9.17, 15) is 9.90 Å². The second-order valence-electron chi connectivity index (χ2n) is 4.20. The first-order chi connectivity index (χ1) is 8.08. The molecule has 1 aromatic rings. The highest BCUT2D eigenvalue weighted by molar-refractivity contribution is 6.35. The van der Waals surface area contributed by atoms with E-state index in [0.29, 0.717) is 15.6 Å². The van der Waals surface area contributed by atoms with E-state index in [1.54, 1.807) is 18.2 Å². The zero-order valence-corrected chi connectivity index (χ0v) is 10.6. The van der Waals surface area contributed by atoms with Gasteiger partial charge in [-0.3, -0.25) is 4.79 Å². The van der Waals surface area contributed by atoms with Crippen molar-refractivity contribution in [2.75, 3.05) is 6.54 Å².